The van der Waals surface area contributed by atoms with E-state index in [-0.39, 0.29) is 21.4 Å². The molecule has 37 heavy (non-hydrogen) atoms. The number of nitro benzene ring substituents is 1. The summed E-state index contributed by atoms with van der Waals surface area (Å²) < 4.78 is 4.84. The molecule has 0 saturated carbocycles. The highest BCUT2D eigenvalue weighted by Gasteiger charge is 2.38. The van der Waals surface area contributed by atoms with Gasteiger partial charge in [0.15, 0.2) is 0 Å². The number of anilines is 2. The summed E-state index contributed by atoms with van der Waals surface area (Å²) in [6.07, 6.45) is 2.18. The Labute approximate surface area is 216 Å². The van der Waals surface area contributed by atoms with Crippen LogP contribution in [0.3, 0.4) is 0 Å². The second-order valence-corrected chi connectivity index (χ2v) is 11.2. The van der Waals surface area contributed by atoms with Crippen LogP contribution >= 0.6 is 0 Å². The number of rotatable bonds is 3. The van der Waals surface area contributed by atoms with Gasteiger partial charge in [0.25, 0.3) is 5.69 Å². The number of hydrogen-bond donors (Lipinski definition) is 0. The zero-order valence-electron chi connectivity index (χ0n) is 22.1. The molecule has 1 aliphatic carbocycles. The van der Waals surface area contributed by atoms with Gasteiger partial charge in [0, 0.05) is 30.3 Å². The van der Waals surface area contributed by atoms with Crippen molar-refractivity contribution in [2.75, 3.05) is 19.1 Å². The summed E-state index contributed by atoms with van der Waals surface area (Å²) in [7, 11) is 3.33. The summed E-state index contributed by atoms with van der Waals surface area (Å²) in [5.74, 6) is -0.424. The number of nitrogens with zero attached hydrogens (tertiary/aromatic N) is 3. The van der Waals surface area contributed by atoms with E-state index in [1.54, 1.807) is 24.3 Å². The number of carbonyl (C=O) groups is 1. The van der Waals surface area contributed by atoms with Crippen molar-refractivity contribution < 1.29 is 14.5 Å². The second kappa shape index (κ2) is 8.54. The first-order valence-corrected chi connectivity index (χ1v) is 12.4. The second-order valence-electron chi connectivity index (χ2n) is 11.2. The molecule has 0 unspecified atom stereocenters. The smallest absolute Gasteiger partial charge is 0.337 e. The normalized spacial score (nSPS) is 17.0. The van der Waals surface area contributed by atoms with Crippen molar-refractivity contribution in [3.05, 3.63) is 92.5 Å². The molecule has 7 heteroatoms. The van der Waals surface area contributed by atoms with Crippen LogP contribution in [0, 0.1) is 10.1 Å². The molecule has 1 aliphatic heterocycles. The predicted molar refractivity (Wildman–Crippen MR) is 146 cm³/mol. The minimum atomic E-state index is -0.424. The molecule has 0 fully saturated rings. The lowest BCUT2D eigenvalue weighted by Gasteiger charge is -2.42. The Morgan fingerprint density at radius 1 is 0.946 bits per heavy atom. The highest BCUT2D eigenvalue weighted by Crippen LogP contribution is 2.51. The Kier molecular flexibility index (Phi) is 5.70. The maximum absolute atomic E-state index is 12.0. The first kappa shape index (κ1) is 24.7. The first-order chi connectivity index (χ1) is 17.4. The molecule has 3 aromatic carbocycles. The number of benzene rings is 3. The SMILES string of the molecule is COC(=O)c1ccc(C2=Nc3cc4c(cc3N(C)c3ccc([N+](=O)[O-])cc32)C(C)(C)CCC4(C)C)cc1. The van der Waals surface area contributed by atoms with Crippen LogP contribution in [0.1, 0.15) is 73.1 Å². The molecule has 0 aromatic heterocycles. The van der Waals surface area contributed by atoms with Crippen LogP contribution in [0.5, 0.6) is 0 Å². The van der Waals surface area contributed by atoms with E-state index in [1.807, 2.05) is 19.2 Å². The fraction of sp³-hybridized carbons (Fsp3) is 0.333. The number of fused-ring (bicyclic) bond motifs is 3. The quantitative estimate of drug-likeness (QED) is 0.221. The van der Waals surface area contributed by atoms with Gasteiger partial charge in [0.2, 0.25) is 0 Å². The van der Waals surface area contributed by atoms with Crippen molar-refractivity contribution in [3.8, 4) is 0 Å². The van der Waals surface area contributed by atoms with E-state index in [2.05, 4.69) is 44.7 Å². The maximum atomic E-state index is 12.0. The summed E-state index contributed by atoms with van der Waals surface area (Å²) in [6.45, 7) is 9.14. The molecule has 190 valence electrons. The zero-order valence-corrected chi connectivity index (χ0v) is 22.1. The Hall–Kier alpha value is -4.00. The van der Waals surface area contributed by atoms with Gasteiger partial charge in [-0.2, -0.15) is 0 Å². The van der Waals surface area contributed by atoms with E-state index in [0.717, 1.165) is 35.5 Å². The van der Waals surface area contributed by atoms with E-state index in [9.17, 15) is 14.9 Å². The fourth-order valence-electron chi connectivity index (χ4n) is 5.48. The standard InChI is InChI=1S/C30H31N3O4/c1-29(2)13-14-30(3,4)23-17-26-24(16-22(23)29)31-27(18-7-9-19(10-8-18)28(34)37-6)21-15-20(33(35)36)11-12-25(21)32(26)5/h7-12,15-17H,13-14H2,1-6H3. The highest BCUT2D eigenvalue weighted by molar-refractivity contribution is 6.19. The van der Waals surface area contributed by atoms with Gasteiger partial charge >= 0.3 is 5.97 Å². The first-order valence-electron chi connectivity index (χ1n) is 12.4. The minimum Gasteiger partial charge on any atom is -0.465 e. The minimum absolute atomic E-state index is 0.00134. The van der Waals surface area contributed by atoms with E-state index >= 15 is 0 Å². The number of hydrogen-bond acceptors (Lipinski definition) is 6. The van der Waals surface area contributed by atoms with Gasteiger partial charge in [0.1, 0.15) is 0 Å². The molecule has 0 saturated heterocycles. The monoisotopic (exact) mass is 497 g/mol. The Morgan fingerprint density at radius 3 is 2.16 bits per heavy atom. The number of nitro groups is 1. The number of aliphatic imine (C=N–C) groups is 1. The van der Waals surface area contributed by atoms with Crippen molar-refractivity contribution in [1.29, 1.82) is 0 Å². The summed E-state index contributed by atoms with van der Waals surface area (Å²) in [5, 5.41) is 11.7. The number of non-ortho nitro benzene ring substituents is 1. The Balaban J connectivity index is 1.79. The predicted octanol–water partition coefficient (Wildman–Crippen LogP) is 6.98. The average Bonchev–Trinajstić information content (AvgIpc) is 3.00. The van der Waals surface area contributed by atoms with Crippen LogP contribution in [0.25, 0.3) is 0 Å². The van der Waals surface area contributed by atoms with Gasteiger partial charge in [0.05, 0.1) is 40.4 Å². The van der Waals surface area contributed by atoms with E-state index in [1.165, 1.54) is 24.3 Å². The van der Waals surface area contributed by atoms with Gasteiger partial charge < -0.3 is 9.64 Å². The highest BCUT2D eigenvalue weighted by atomic mass is 16.6. The van der Waals surface area contributed by atoms with Gasteiger partial charge in [-0.05, 0) is 65.1 Å². The van der Waals surface area contributed by atoms with Crippen molar-refractivity contribution in [2.24, 2.45) is 4.99 Å². The lowest BCUT2D eigenvalue weighted by molar-refractivity contribution is -0.384. The third kappa shape index (κ3) is 4.08. The molecule has 0 radical (unpaired) electrons. The zero-order chi connectivity index (χ0) is 26.7. The third-order valence-corrected chi connectivity index (χ3v) is 7.93. The van der Waals surface area contributed by atoms with Gasteiger partial charge in [-0.25, -0.2) is 9.79 Å². The van der Waals surface area contributed by atoms with Crippen LogP contribution < -0.4 is 4.90 Å². The number of methoxy groups -OCH3 is 1. The van der Waals surface area contributed by atoms with Crippen LogP contribution in [0.2, 0.25) is 0 Å². The molecule has 5 rings (SSSR count). The van der Waals surface area contributed by atoms with Gasteiger partial charge in [-0.1, -0.05) is 39.8 Å². The van der Waals surface area contributed by atoms with Crippen molar-refractivity contribution in [3.63, 3.8) is 0 Å². The Morgan fingerprint density at radius 2 is 1.57 bits per heavy atom. The van der Waals surface area contributed by atoms with E-state index in [4.69, 9.17) is 9.73 Å². The average molecular weight is 498 g/mol. The molecular weight excluding hydrogens is 466 g/mol. The molecular formula is C30H31N3O4. The van der Waals surface area contributed by atoms with Crippen molar-refractivity contribution in [2.45, 2.75) is 51.4 Å². The summed E-state index contributed by atoms with van der Waals surface area (Å²) in [5.41, 5.74) is 7.71. The van der Waals surface area contributed by atoms with Crippen molar-refractivity contribution >= 4 is 34.4 Å². The molecule has 0 bridgehead atoms. The van der Waals surface area contributed by atoms with Gasteiger partial charge in [-0.3, -0.25) is 10.1 Å². The van der Waals surface area contributed by atoms with Crippen molar-refractivity contribution in [1.82, 2.24) is 0 Å². The largest absolute Gasteiger partial charge is 0.465 e. The topological polar surface area (TPSA) is 85.0 Å². The summed E-state index contributed by atoms with van der Waals surface area (Å²) in [4.78, 5) is 30.5. The molecule has 1 heterocycles. The number of ether oxygens (including phenoxy) is 1. The van der Waals surface area contributed by atoms with Gasteiger partial charge in [-0.15, -0.1) is 0 Å². The molecule has 0 N–H and O–H groups in total. The molecule has 0 spiro atoms. The maximum Gasteiger partial charge on any atom is 0.337 e. The van der Waals surface area contributed by atoms with Crippen LogP contribution in [-0.2, 0) is 15.6 Å². The Bertz CT molecular complexity index is 1470. The fourth-order valence-corrected chi connectivity index (χ4v) is 5.48. The van der Waals surface area contributed by atoms with E-state index in [0.29, 0.717) is 16.8 Å². The lowest BCUT2D eigenvalue weighted by Crippen LogP contribution is -2.34. The van der Waals surface area contributed by atoms with E-state index < -0.39 is 5.97 Å². The van der Waals surface area contributed by atoms with Crippen LogP contribution in [0.15, 0.2) is 59.6 Å². The summed E-state index contributed by atoms with van der Waals surface area (Å²) in [6, 6.07) is 16.4. The molecule has 0 atom stereocenters. The molecule has 2 aliphatic rings. The molecule has 7 nitrogen and oxygen atoms in total. The lowest BCUT2D eigenvalue weighted by atomic mass is 9.63. The third-order valence-electron chi connectivity index (χ3n) is 7.93. The summed E-state index contributed by atoms with van der Waals surface area (Å²) >= 11 is 0. The number of carbonyl (C=O) groups excluding carboxylic acids is 1. The van der Waals surface area contributed by atoms with Crippen LogP contribution in [0.4, 0.5) is 22.7 Å². The molecule has 3 aromatic rings. The molecule has 0 amide bonds. The van der Waals surface area contributed by atoms with Crippen LogP contribution in [-0.4, -0.2) is 30.8 Å². The number of esters is 1.